The smallest absolute Gasteiger partial charge is 0.426 e. The van der Waals surface area contributed by atoms with E-state index in [9.17, 15) is 19.6 Å². The Morgan fingerprint density at radius 2 is 1.86 bits per heavy atom. The number of nitrogens with one attached hydrogen (secondary N) is 1. The summed E-state index contributed by atoms with van der Waals surface area (Å²) in [6.45, 7) is 3.78. The third-order valence-electron chi connectivity index (χ3n) is 4.34. The van der Waals surface area contributed by atoms with Gasteiger partial charge in [0.1, 0.15) is 11.6 Å². The quantitative estimate of drug-likeness (QED) is 0.281. The van der Waals surface area contributed by atoms with E-state index in [2.05, 4.69) is 15.3 Å². The maximum absolute atomic E-state index is 13.0. The first-order chi connectivity index (χ1) is 13.3. The Balaban J connectivity index is 2.34. The maximum Gasteiger partial charge on any atom is 0.475 e. The predicted molar refractivity (Wildman–Crippen MR) is 105 cm³/mol. The van der Waals surface area contributed by atoms with E-state index >= 15 is 0 Å². The van der Waals surface area contributed by atoms with Crippen LogP contribution in [0.25, 0.3) is 0 Å². The molecule has 28 heavy (non-hydrogen) atoms. The number of nitrogens with zero attached hydrogens (tertiary/aromatic N) is 2. The number of aromatic nitrogens is 2. The molecule has 1 aromatic heterocycles. The van der Waals surface area contributed by atoms with E-state index in [0.717, 1.165) is 0 Å². The first kappa shape index (κ1) is 21.7. The largest absolute Gasteiger partial charge is 0.475 e. The minimum atomic E-state index is -1.76. The molecular formula is C19H25BN4O4. The number of carbonyl (C=O) groups is 2. The second-order valence-corrected chi connectivity index (χ2v) is 7.03. The van der Waals surface area contributed by atoms with Crippen molar-refractivity contribution in [3.05, 3.63) is 60.2 Å². The lowest BCUT2D eigenvalue weighted by atomic mass is 9.74. The van der Waals surface area contributed by atoms with Crippen molar-refractivity contribution in [2.45, 2.75) is 32.3 Å². The summed E-state index contributed by atoms with van der Waals surface area (Å²) in [6, 6.07) is 7.83. The van der Waals surface area contributed by atoms with Crippen molar-refractivity contribution in [3.63, 3.8) is 0 Å². The Labute approximate surface area is 164 Å². The van der Waals surface area contributed by atoms with Crippen molar-refractivity contribution < 1.29 is 19.6 Å². The van der Waals surface area contributed by atoms with Gasteiger partial charge in [-0.3, -0.25) is 14.6 Å². The van der Waals surface area contributed by atoms with Crippen LogP contribution >= 0.6 is 0 Å². The topological polar surface area (TPSA) is 138 Å². The van der Waals surface area contributed by atoms with E-state index in [1.165, 1.54) is 18.6 Å². The molecule has 9 heteroatoms. The van der Waals surface area contributed by atoms with Crippen molar-refractivity contribution in [2.75, 3.05) is 0 Å². The van der Waals surface area contributed by atoms with E-state index in [1.807, 2.05) is 13.8 Å². The normalized spacial score (nSPS) is 14.2. The third-order valence-corrected chi connectivity index (χ3v) is 4.34. The number of amides is 1. The van der Waals surface area contributed by atoms with Crippen molar-refractivity contribution >= 4 is 18.8 Å². The Morgan fingerprint density at radius 3 is 2.39 bits per heavy atom. The summed E-state index contributed by atoms with van der Waals surface area (Å²) in [5.74, 6) is -3.40. The van der Waals surface area contributed by atoms with Crippen molar-refractivity contribution in [1.29, 1.82) is 0 Å². The van der Waals surface area contributed by atoms with Crippen LogP contribution in [0.5, 0.6) is 0 Å². The van der Waals surface area contributed by atoms with Gasteiger partial charge >= 0.3 is 7.12 Å². The predicted octanol–water partition coefficient (Wildman–Crippen LogP) is 0.518. The molecule has 0 bridgehead atoms. The molecule has 2 rings (SSSR count). The summed E-state index contributed by atoms with van der Waals surface area (Å²) in [4.78, 5) is 33.8. The highest BCUT2D eigenvalue weighted by atomic mass is 16.4. The first-order valence-electron chi connectivity index (χ1n) is 9.08. The van der Waals surface area contributed by atoms with Crippen LogP contribution in [-0.4, -0.2) is 44.8 Å². The minimum absolute atomic E-state index is 0.0130. The number of Topliss-reactive ketones (excluding diaryl/α,β-unsaturated/α-hetero) is 1. The highest BCUT2D eigenvalue weighted by Crippen LogP contribution is 2.23. The maximum atomic E-state index is 13.0. The fourth-order valence-corrected chi connectivity index (χ4v) is 2.93. The Hall–Kier alpha value is -2.62. The lowest BCUT2D eigenvalue weighted by molar-refractivity contribution is -0.124. The number of carbonyl (C=O) groups excluding carboxylic acids is 2. The van der Waals surface area contributed by atoms with Crippen LogP contribution in [0.3, 0.4) is 0 Å². The van der Waals surface area contributed by atoms with Gasteiger partial charge in [-0.2, -0.15) is 0 Å². The van der Waals surface area contributed by atoms with E-state index in [-0.39, 0.29) is 11.6 Å². The zero-order chi connectivity index (χ0) is 20.7. The van der Waals surface area contributed by atoms with E-state index in [0.29, 0.717) is 12.0 Å². The molecule has 1 aromatic carbocycles. The summed E-state index contributed by atoms with van der Waals surface area (Å²) in [7, 11) is -1.76. The molecule has 1 amide bonds. The van der Waals surface area contributed by atoms with Crippen LogP contribution in [0.1, 0.15) is 42.4 Å². The van der Waals surface area contributed by atoms with Crippen LogP contribution in [0.15, 0.2) is 48.9 Å². The van der Waals surface area contributed by atoms with E-state index in [1.54, 1.807) is 30.3 Å². The fourth-order valence-electron chi connectivity index (χ4n) is 2.93. The molecule has 0 saturated carbocycles. The molecule has 3 atom stereocenters. The number of benzene rings is 1. The molecule has 1 unspecified atom stereocenters. The van der Waals surface area contributed by atoms with Gasteiger partial charge in [0.05, 0.1) is 12.1 Å². The van der Waals surface area contributed by atoms with Gasteiger partial charge < -0.3 is 21.1 Å². The van der Waals surface area contributed by atoms with Gasteiger partial charge in [0.25, 0.3) is 0 Å². The summed E-state index contributed by atoms with van der Waals surface area (Å²) < 4.78 is 0. The fraction of sp³-hybridized carbons (Fsp3) is 0.368. The number of rotatable bonds is 9. The summed E-state index contributed by atoms with van der Waals surface area (Å²) in [6.07, 6.45) is 4.38. The highest BCUT2D eigenvalue weighted by molar-refractivity contribution is 6.43. The molecule has 0 radical (unpaired) electrons. The van der Waals surface area contributed by atoms with Crippen LogP contribution in [0, 0.1) is 11.8 Å². The third kappa shape index (κ3) is 5.69. The molecule has 0 fully saturated rings. The van der Waals surface area contributed by atoms with Gasteiger partial charge in [0.15, 0.2) is 5.78 Å². The average Bonchev–Trinajstić information content (AvgIpc) is 2.68. The first-order valence-corrected chi connectivity index (χ1v) is 9.08. The molecule has 2 aromatic rings. The van der Waals surface area contributed by atoms with Crippen LogP contribution in [0.2, 0.25) is 0 Å². The number of hydrogen-bond acceptors (Lipinski definition) is 7. The second-order valence-electron chi connectivity index (χ2n) is 7.03. The van der Waals surface area contributed by atoms with E-state index < -0.39 is 36.7 Å². The minimum Gasteiger partial charge on any atom is -0.426 e. The van der Waals surface area contributed by atoms with Crippen LogP contribution in [-0.2, 0) is 4.79 Å². The van der Waals surface area contributed by atoms with Gasteiger partial charge in [0, 0.05) is 18.4 Å². The molecule has 0 aliphatic heterocycles. The molecule has 148 valence electrons. The van der Waals surface area contributed by atoms with Crippen LogP contribution in [0.4, 0.5) is 0 Å². The number of ketones is 1. The second kappa shape index (κ2) is 10.1. The van der Waals surface area contributed by atoms with Gasteiger partial charge in [-0.25, -0.2) is 4.98 Å². The van der Waals surface area contributed by atoms with Gasteiger partial charge in [-0.05, 0) is 17.9 Å². The zero-order valence-electron chi connectivity index (χ0n) is 15.9. The van der Waals surface area contributed by atoms with Gasteiger partial charge in [-0.1, -0.05) is 44.2 Å². The Morgan fingerprint density at radius 1 is 1.18 bits per heavy atom. The summed E-state index contributed by atoms with van der Waals surface area (Å²) in [5, 5.41) is 21.8. The standard InChI is InChI=1S/C19H25BN4O4/c1-12(2)10-15(20(27)28)24-19(26)16(17(21)13-6-4-3-5-7-13)18(25)14-11-22-8-9-23-14/h3-9,11-12,15-17,27-28H,10,21H2,1-2H3,(H,24,26)/t15-,16+,17?/m0/s1. The molecule has 1 heterocycles. The molecule has 0 aliphatic rings. The SMILES string of the molecule is CC(C)C[C@H](NC(=O)[C@@H](C(=O)c1cnccn1)C(N)c1ccccc1)B(O)O. The molecule has 5 N–H and O–H groups in total. The molecule has 0 aliphatic carbocycles. The molecular weight excluding hydrogens is 359 g/mol. The van der Waals surface area contributed by atoms with Crippen molar-refractivity contribution in [3.8, 4) is 0 Å². The molecule has 8 nitrogen and oxygen atoms in total. The van der Waals surface area contributed by atoms with Crippen LogP contribution < -0.4 is 11.1 Å². The number of hydrogen-bond donors (Lipinski definition) is 4. The van der Waals surface area contributed by atoms with Crippen molar-refractivity contribution in [1.82, 2.24) is 15.3 Å². The monoisotopic (exact) mass is 384 g/mol. The highest BCUT2D eigenvalue weighted by Gasteiger charge is 2.37. The Bertz CT molecular complexity index is 774. The summed E-state index contributed by atoms with van der Waals surface area (Å²) in [5.41, 5.74) is 6.89. The Kier molecular flexibility index (Phi) is 7.80. The lowest BCUT2D eigenvalue weighted by Gasteiger charge is -2.26. The van der Waals surface area contributed by atoms with E-state index in [4.69, 9.17) is 5.73 Å². The van der Waals surface area contributed by atoms with Gasteiger partial charge in [0.2, 0.25) is 5.91 Å². The molecule has 0 spiro atoms. The van der Waals surface area contributed by atoms with Gasteiger partial charge in [-0.15, -0.1) is 0 Å². The zero-order valence-corrected chi connectivity index (χ0v) is 15.9. The average molecular weight is 384 g/mol. The molecule has 0 saturated heterocycles. The lowest BCUT2D eigenvalue weighted by Crippen LogP contribution is -2.52. The summed E-state index contributed by atoms with van der Waals surface area (Å²) >= 11 is 0. The number of nitrogens with two attached hydrogens (primary N) is 1. The van der Waals surface area contributed by atoms with Crippen molar-refractivity contribution in [2.24, 2.45) is 17.6 Å².